The lowest BCUT2D eigenvalue weighted by Gasteiger charge is -2.12. The van der Waals surface area contributed by atoms with Crippen molar-refractivity contribution in [2.75, 3.05) is 19.5 Å². The largest absolute Gasteiger partial charge is 0.492 e. The first-order valence-electron chi connectivity index (χ1n) is 6.04. The van der Waals surface area contributed by atoms with Gasteiger partial charge in [0, 0.05) is 12.6 Å². The second-order valence-corrected chi connectivity index (χ2v) is 5.00. The Bertz CT molecular complexity index is 753. The molecule has 0 fully saturated rings. The van der Waals surface area contributed by atoms with Crippen LogP contribution in [-0.2, 0) is 0 Å². The molecule has 0 aliphatic heterocycles. The average molecular weight is 345 g/mol. The molecule has 0 unspecified atom stereocenters. The third-order valence-electron chi connectivity index (χ3n) is 2.96. The molecule has 0 saturated carbocycles. The standard InChI is InChI=1S/C14H11Cl2FN2O3/c1-18-9-5-8(19-12(10(9)16)14(20)21)6-3-4-7(15)13(22-2)11(6)17/h3-5H,1-2H3,(H,18,19)(H,20,21). The third kappa shape index (κ3) is 2.80. The Hall–Kier alpha value is -2.05. The number of methoxy groups -OCH3 is 1. The van der Waals surface area contributed by atoms with Crippen molar-refractivity contribution in [2.24, 2.45) is 0 Å². The minimum absolute atomic E-state index is 0.0527. The molecule has 0 aliphatic rings. The predicted octanol–water partition coefficient (Wildman–Crippen LogP) is 3.94. The zero-order valence-corrected chi connectivity index (χ0v) is 13.1. The maximum absolute atomic E-state index is 14.4. The summed E-state index contributed by atoms with van der Waals surface area (Å²) in [6.07, 6.45) is 0. The summed E-state index contributed by atoms with van der Waals surface area (Å²) in [6, 6.07) is 4.27. The van der Waals surface area contributed by atoms with Gasteiger partial charge in [0.05, 0.1) is 28.5 Å². The van der Waals surface area contributed by atoms with Gasteiger partial charge in [-0.05, 0) is 18.2 Å². The number of ether oxygens (including phenoxy) is 1. The van der Waals surface area contributed by atoms with Crippen LogP contribution in [-0.4, -0.2) is 30.2 Å². The van der Waals surface area contributed by atoms with E-state index in [4.69, 9.17) is 33.0 Å². The van der Waals surface area contributed by atoms with E-state index in [-0.39, 0.29) is 32.7 Å². The van der Waals surface area contributed by atoms with E-state index in [1.165, 1.54) is 25.3 Å². The number of halogens is 3. The highest BCUT2D eigenvalue weighted by Gasteiger charge is 2.20. The van der Waals surface area contributed by atoms with Crippen molar-refractivity contribution in [3.05, 3.63) is 39.8 Å². The maximum Gasteiger partial charge on any atom is 0.356 e. The van der Waals surface area contributed by atoms with Gasteiger partial charge in [-0.2, -0.15) is 0 Å². The molecule has 1 aromatic heterocycles. The Balaban J connectivity index is 2.73. The summed E-state index contributed by atoms with van der Waals surface area (Å²) in [5.41, 5.74) is 0.0877. The maximum atomic E-state index is 14.4. The number of carboxylic acids is 1. The zero-order chi connectivity index (χ0) is 16.4. The zero-order valence-electron chi connectivity index (χ0n) is 11.6. The smallest absolute Gasteiger partial charge is 0.356 e. The summed E-state index contributed by atoms with van der Waals surface area (Å²) in [6.45, 7) is 0. The van der Waals surface area contributed by atoms with Gasteiger partial charge in [0.2, 0.25) is 0 Å². The molecule has 0 saturated heterocycles. The van der Waals surface area contributed by atoms with Gasteiger partial charge >= 0.3 is 5.97 Å². The molecular formula is C14H11Cl2FN2O3. The number of hydrogen-bond donors (Lipinski definition) is 2. The lowest BCUT2D eigenvalue weighted by atomic mass is 10.1. The van der Waals surface area contributed by atoms with Crippen molar-refractivity contribution in [1.82, 2.24) is 4.98 Å². The Morgan fingerprint density at radius 2 is 2.09 bits per heavy atom. The molecule has 0 bridgehead atoms. The molecule has 0 aliphatic carbocycles. The molecule has 0 spiro atoms. The third-order valence-corrected chi connectivity index (χ3v) is 3.64. The average Bonchev–Trinajstić information content (AvgIpc) is 2.48. The minimum atomic E-state index is -1.32. The van der Waals surface area contributed by atoms with Gasteiger partial charge in [-0.1, -0.05) is 23.2 Å². The predicted molar refractivity (Wildman–Crippen MR) is 82.7 cm³/mol. The molecule has 1 aromatic carbocycles. The van der Waals surface area contributed by atoms with Gasteiger partial charge in [-0.15, -0.1) is 0 Å². The van der Waals surface area contributed by atoms with Crippen LogP contribution in [0.4, 0.5) is 10.1 Å². The molecule has 0 radical (unpaired) electrons. The van der Waals surface area contributed by atoms with Gasteiger partial charge in [-0.3, -0.25) is 0 Å². The van der Waals surface area contributed by atoms with Crippen LogP contribution in [0, 0.1) is 5.82 Å². The van der Waals surface area contributed by atoms with Crippen molar-refractivity contribution >= 4 is 34.9 Å². The topological polar surface area (TPSA) is 71.5 Å². The number of aromatic nitrogens is 1. The lowest BCUT2D eigenvalue weighted by Crippen LogP contribution is -2.06. The van der Waals surface area contributed by atoms with Gasteiger partial charge in [0.1, 0.15) is 0 Å². The molecule has 1 heterocycles. The highest BCUT2D eigenvalue weighted by molar-refractivity contribution is 6.36. The molecule has 0 amide bonds. The van der Waals surface area contributed by atoms with Crippen LogP contribution >= 0.6 is 23.2 Å². The van der Waals surface area contributed by atoms with Crippen molar-refractivity contribution in [1.29, 1.82) is 0 Å². The number of nitrogens with one attached hydrogen (secondary N) is 1. The van der Waals surface area contributed by atoms with Crippen molar-refractivity contribution in [3.63, 3.8) is 0 Å². The molecule has 2 aromatic rings. The molecule has 0 atom stereocenters. The number of rotatable bonds is 4. The van der Waals surface area contributed by atoms with E-state index in [0.29, 0.717) is 5.69 Å². The highest BCUT2D eigenvalue weighted by Crippen LogP contribution is 2.36. The number of benzene rings is 1. The lowest BCUT2D eigenvalue weighted by molar-refractivity contribution is 0.0691. The number of aromatic carboxylic acids is 1. The highest BCUT2D eigenvalue weighted by atomic mass is 35.5. The molecule has 2 rings (SSSR count). The van der Waals surface area contributed by atoms with E-state index in [1.54, 1.807) is 7.05 Å². The first-order chi connectivity index (χ1) is 10.4. The summed E-state index contributed by atoms with van der Waals surface area (Å²) in [7, 11) is 2.85. The molecule has 2 N–H and O–H groups in total. The van der Waals surface area contributed by atoms with Gasteiger partial charge in [0.25, 0.3) is 0 Å². The van der Waals surface area contributed by atoms with E-state index in [2.05, 4.69) is 10.3 Å². The SMILES string of the molecule is CNc1cc(-c2ccc(Cl)c(OC)c2F)nc(C(=O)O)c1Cl. The van der Waals surface area contributed by atoms with Crippen molar-refractivity contribution < 1.29 is 19.0 Å². The summed E-state index contributed by atoms with van der Waals surface area (Å²) in [4.78, 5) is 15.1. The van der Waals surface area contributed by atoms with E-state index in [1.807, 2.05) is 0 Å². The number of carbonyl (C=O) groups is 1. The Morgan fingerprint density at radius 1 is 1.41 bits per heavy atom. The normalized spacial score (nSPS) is 10.4. The molecular weight excluding hydrogens is 334 g/mol. The Labute approximate surface area is 135 Å². The number of pyridine rings is 1. The first-order valence-corrected chi connectivity index (χ1v) is 6.80. The van der Waals surface area contributed by atoms with Crippen LogP contribution in [0.1, 0.15) is 10.5 Å². The van der Waals surface area contributed by atoms with Crippen LogP contribution in [0.5, 0.6) is 5.75 Å². The summed E-state index contributed by atoms with van der Waals surface area (Å²) >= 11 is 11.8. The van der Waals surface area contributed by atoms with Crippen molar-refractivity contribution in [2.45, 2.75) is 0 Å². The quantitative estimate of drug-likeness (QED) is 0.878. The van der Waals surface area contributed by atoms with Crippen LogP contribution in [0.3, 0.4) is 0 Å². The van der Waals surface area contributed by atoms with Gasteiger partial charge in [-0.25, -0.2) is 14.2 Å². The van der Waals surface area contributed by atoms with E-state index in [0.717, 1.165) is 0 Å². The molecule has 5 nitrogen and oxygen atoms in total. The summed E-state index contributed by atoms with van der Waals surface area (Å²) < 4.78 is 19.3. The minimum Gasteiger partial charge on any atom is -0.492 e. The number of carboxylic acid groups (broad SMARTS) is 1. The summed E-state index contributed by atoms with van der Waals surface area (Å²) in [5.74, 6) is -2.19. The van der Waals surface area contributed by atoms with Gasteiger partial charge in [0.15, 0.2) is 17.3 Å². The van der Waals surface area contributed by atoms with Crippen LogP contribution < -0.4 is 10.1 Å². The van der Waals surface area contributed by atoms with Crippen LogP contribution in [0.25, 0.3) is 11.3 Å². The number of nitrogens with zero attached hydrogens (tertiary/aromatic N) is 1. The fourth-order valence-electron chi connectivity index (χ4n) is 1.91. The van der Waals surface area contributed by atoms with Crippen LogP contribution in [0.2, 0.25) is 10.0 Å². The molecule has 116 valence electrons. The second-order valence-electron chi connectivity index (χ2n) is 4.21. The Kier molecular flexibility index (Phi) is 4.73. The second kappa shape index (κ2) is 6.37. The van der Waals surface area contributed by atoms with E-state index < -0.39 is 11.8 Å². The fraction of sp³-hybridized carbons (Fsp3) is 0.143. The first kappa shape index (κ1) is 16.3. The monoisotopic (exact) mass is 344 g/mol. The summed E-state index contributed by atoms with van der Waals surface area (Å²) in [5, 5.41) is 11.9. The fourth-order valence-corrected chi connectivity index (χ4v) is 2.40. The van der Waals surface area contributed by atoms with E-state index >= 15 is 0 Å². The molecule has 8 heteroatoms. The van der Waals surface area contributed by atoms with E-state index in [9.17, 15) is 9.18 Å². The number of anilines is 1. The Morgan fingerprint density at radius 3 is 2.64 bits per heavy atom. The molecule has 22 heavy (non-hydrogen) atoms. The van der Waals surface area contributed by atoms with Gasteiger partial charge < -0.3 is 15.2 Å². The number of hydrogen-bond acceptors (Lipinski definition) is 4. The van der Waals surface area contributed by atoms with Crippen molar-refractivity contribution in [3.8, 4) is 17.0 Å². The van der Waals surface area contributed by atoms with Crippen LogP contribution in [0.15, 0.2) is 18.2 Å².